The van der Waals surface area contributed by atoms with Crippen LogP contribution in [0, 0.1) is 11.8 Å². The van der Waals surface area contributed by atoms with Gasteiger partial charge in [-0.25, -0.2) is 0 Å². The molecule has 3 heteroatoms. The van der Waals surface area contributed by atoms with Crippen molar-refractivity contribution in [1.29, 1.82) is 0 Å². The number of nitrogens with one attached hydrogen (secondary N) is 1. The van der Waals surface area contributed by atoms with E-state index in [1.165, 1.54) is 12.0 Å². The molecular formula is C14H15N3. The Morgan fingerprint density at radius 2 is 2.12 bits per heavy atom. The molecule has 1 saturated carbocycles. The number of anilines is 1. The van der Waals surface area contributed by atoms with Gasteiger partial charge in [0.25, 0.3) is 0 Å². The molecule has 2 atom stereocenters. The highest BCUT2D eigenvalue weighted by atomic mass is 15.3. The second-order valence-electron chi connectivity index (χ2n) is 4.49. The number of hydrazone groups is 1. The second kappa shape index (κ2) is 4.09. The molecule has 3 rings (SSSR count). The maximum Gasteiger partial charge on any atom is 0.147 e. The molecule has 17 heavy (non-hydrogen) atoms. The predicted octanol–water partition coefficient (Wildman–Crippen LogP) is 2.50. The normalized spacial score (nSPS) is 26.1. The number of allylic oxidation sites excluding steroid dienone is 3. The van der Waals surface area contributed by atoms with E-state index in [4.69, 9.17) is 5.73 Å². The van der Waals surface area contributed by atoms with Crippen LogP contribution in [-0.2, 0) is 0 Å². The first-order valence-electron chi connectivity index (χ1n) is 5.87. The molecule has 2 unspecified atom stereocenters. The van der Waals surface area contributed by atoms with E-state index in [1.807, 2.05) is 30.3 Å². The minimum Gasteiger partial charge on any atom is -0.382 e. The van der Waals surface area contributed by atoms with E-state index < -0.39 is 0 Å². The van der Waals surface area contributed by atoms with Crippen molar-refractivity contribution < 1.29 is 0 Å². The van der Waals surface area contributed by atoms with Crippen LogP contribution in [0.5, 0.6) is 0 Å². The van der Waals surface area contributed by atoms with Crippen molar-refractivity contribution >= 4 is 11.5 Å². The molecule has 1 aromatic carbocycles. The first-order valence-corrected chi connectivity index (χ1v) is 5.87. The molecule has 2 aliphatic rings. The van der Waals surface area contributed by atoms with Crippen LogP contribution in [0.2, 0.25) is 0 Å². The largest absolute Gasteiger partial charge is 0.382 e. The Hall–Kier alpha value is -2.03. The lowest BCUT2D eigenvalue weighted by atomic mass is 10.0. The number of benzene rings is 1. The first kappa shape index (κ1) is 10.1. The van der Waals surface area contributed by atoms with Gasteiger partial charge in [0.05, 0.1) is 5.69 Å². The van der Waals surface area contributed by atoms with E-state index in [-0.39, 0.29) is 0 Å². The summed E-state index contributed by atoms with van der Waals surface area (Å²) in [5.74, 6) is 1.90. The number of fused-ring (bicyclic) bond motifs is 1. The third kappa shape index (κ3) is 2.09. The Labute approximate surface area is 101 Å². The van der Waals surface area contributed by atoms with Gasteiger partial charge < -0.3 is 5.73 Å². The van der Waals surface area contributed by atoms with Gasteiger partial charge in [-0.2, -0.15) is 5.10 Å². The molecule has 0 heterocycles. The summed E-state index contributed by atoms with van der Waals surface area (Å²) in [7, 11) is 0. The van der Waals surface area contributed by atoms with Crippen molar-refractivity contribution in [3.05, 3.63) is 54.1 Å². The first-order chi connectivity index (χ1) is 8.34. The Morgan fingerprint density at radius 1 is 1.29 bits per heavy atom. The Kier molecular flexibility index (Phi) is 2.44. The standard InChI is InChI=1S/C14H15N3/c15-14(12-8-4-5-10-9-13(10)12)17-16-11-6-2-1-3-7-11/h1-8,10,13,16H,9H2,(H2,15,17). The number of amidine groups is 1. The van der Waals surface area contributed by atoms with Crippen LogP contribution < -0.4 is 11.2 Å². The molecule has 1 fully saturated rings. The van der Waals surface area contributed by atoms with Gasteiger partial charge in [-0.3, -0.25) is 5.43 Å². The SMILES string of the molecule is N/C(=N\Nc1ccccc1)C1=CC=CC2CC12. The summed E-state index contributed by atoms with van der Waals surface area (Å²) in [5, 5.41) is 4.24. The maximum atomic E-state index is 6.00. The van der Waals surface area contributed by atoms with Crippen LogP contribution in [0.25, 0.3) is 0 Å². The van der Waals surface area contributed by atoms with Crippen LogP contribution in [-0.4, -0.2) is 5.84 Å². The lowest BCUT2D eigenvalue weighted by molar-refractivity contribution is 0.945. The van der Waals surface area contributed by atoms with Crippen molar-refractivity contribution in [2.75, 3.05) is 5.43 Å². The fourth-order valence-electron chi connectivity index (χ4n) is 2.19. The van der Waals surface area contributed by atoms with E-state index in [0.29, 0.717) is 17.7 Å². The van der Waals surface area contributed by atoms with E-state index in [9.17, 15) is 0 Å². The molecule has 3 N–H and O–H groups in total. The summed E-state index contributed by atoms with van der Waals surface area (Å²) in [6, 6.07) is 9.83. The molecule has 2 aliphatic carbocycles. The van der Waals surface area contributed by atoms with Gasteiger partial charge in [0.15, 0.2) is 0 Å². The summed E-state index contributed by atoms with van der Waals surface area (Å²) in [5.41, 5.74) is 11.1. The van der Waals surface area contributed by atoms with Crippen molar-refractivity contribution in [2.45, 2.75) is 6.42 Å². The van der Waals surface area contributed by atoms with Gasteiger partial charge in [0, 0.05) is 0 Å². The molecule has 0 radical (unpaired) electrons. The lowest BCUT2D eigenvalue weighted by Gasteiger charge is -2.08. The molecule has 0 bridgehead atoms. The van der Waals surface area contributed by atoms with Gasteiger partial charge in [-0.1, -0.05) is 36.4 Å². The Morgan fingerprint density at radius 3 is 2.94 bits per heavy atom. The fourth-order valence-corrected chi connectivity index (χ4v) is 2.19. The Balaban J connectivity index is 1.72. The number of nitrogens with zero attached hydrogens (tertiary/aromatic N) is 1. The van der Waals surface area contributed by atoms with Gasteiger partial charge in [-0.15, -0.1) is 0 Å². The quantitative estimate of drug-likeness (QED) is 0.472. The molecule has 0 saturated heterocycles. The van der Waals surface area contributed by atoms with Crippen LogP contribution in [0.4, 0.5) is 5.69 Å². The third-order valence-corrected chi connectivity index (χ3v) is 3.25. The number of para-hydroxylation sites is 1. The molecular weight excluding hydrogens is 210 g/mol. The zero-order valence-electron chi connectivity index (χ0n) is 9.51. The molecule has 0 aliphatic heterocycles. The third-order valence-electron chi connectivity index (χ3n) is 3.25. The van der Waals surface area contributed by atoms with Crippen LogP contribution in [0.15, 0.2) is 59.2 Å². The number of hydrogen-bond acceptors (Lipinski definition) is 2. The van der Waals surface area contributed by atoms with Gasteiger partial charge in [-0.05, 0) is 36.0 Å². The molecule has 1 aromatic rings. The molecule has 86 valence electrons. The highest BCUT2D eigenvalue weighted by molar-refractivity contribution is 5.99. The molecule has 0 spiro atoms. The van der Waals surface area contributed by atoms with Gasteiger partial charge in [0.2, 0.25) is 0 Å². The van der Waals surface area contributed by atoms with Crippen molar-refractivity contribution in [3.8, 4) is 0 Å². The van der Waals surface area contributed by atoms with Gasteiger partial charge >= 0.3 is 0 Å². The molecule has 3 nitrogen and oxygen atoms in total. The minimum atomic E-state index is 0.598. The van der Waals surface area contributed by atoms with Gasteiger partial charge in [0.1, 0.15) is 5.84 Å². The average molecular weight is 225 g/mol. The number of nitrogens with two attached hydrogens (primary N) is 1. The maximum absolute atomic E-state index is 6.00. The number of hydrogen-bond donors (Lipinski definition) is 2. The van der Waals surface area contributed by atoms with Crippen molar-refractivity contribution in [3.63, 3.8) is 0 Å². The highest BCUT2D eigenvalue weighted by Gasteiger charge is 2.40. The lowest BCUT2D eigenvalue weighted by Crippen LogP contribution is -2.19. The smallest absolute Gasteiger partial charge is 0.147 e. The van der Waals surface area contributed by atoms with Crippen LogP contribution >= 0.6 is 0 Å². The summed E-state index contributed by atoms with van der Waals surface area (Å²) < 4.78 is 0. The summed E-state index contributed by atoms with van der Waals surface area (Å²) in [6.45, 7) is 0. The van der Waals surface area contributed by atoms with E-state index in [2.05, 4.69) is 28.8 Å². The Bertz CT molecular complexity index is 499. The fraction of sp³-hybridized carbons (Fsp3) is 0.214. The molecule has 0 aromatic heterocycles. The second-order valence-corrected chi connectivity index (χ2v) is 4.49. The zero-order chi connectivity index (χ0) is 11.7. The zero-order valence-corrected chi connectivity index (χ0v) is 9.51. The van der Waals surface area contributed by atoms with E-state index in [1.54, 1.807) is 0 Å². The van der Waals surface area contributed by atoms with E-state index in [0.717, 1.165) is 5.69 Å². The summed E-state index contributed by atoms with van der Waals surface area (Å²) in [6.07, 6.45) is 7.60. The van der Waals surface area contributed by atoms with Crippen LogP contribution in [0.1, 0.15) is 6.42 Å². The van der Waals surface area contributed by atoms with Crippen molar-refractivity contribution in [2.24, 2.45) is 22.7 Å². The monoisotopic (exact) mass is 225 g/mol. The van der Waals surface area contributed by atoms with Crippen LogP contribution in [0.3, 0.4) is 0 Å². The summed E-state index contributed by atoms with van der Waals surface area (Å²) >= 11 is 0. The molecule has 0 amide bonds. The summed E-state index contributed by atoms with van der Waals surface area (Å²) in [4.78, 5) is 0. The predicted molar refractivity (Wildman–Crippen MR) is 70.5 cm³/mol. The highest BCUT2D eigenvalue weighted by Crippen LogP contribution is 2.47. The average Bonchev–Trinajstić information content (AvgIpc) is 3.16. The topological polar surface area (TPSA) is 50.4 Å². The van der Waals surface area contributed by atoms with E-state index >= 15 is 0 Å². The minimum absolute atomic E-state index is 0.598. The number of rotatable bonds is 3. The van der Waals surface area contributed by atoms with Crippen molar-refractivity contribution in [1.82, 2.24) is 0 Å².